The lowest BCUT2D eigenvalue weighted by Crippen LogP contribution is -2.35. The highest BCUT2D eigenvalue weighted by molar-refractivity contribution is 4.67. The van der Waals surface area contributed by atoms with Gasteiger partial charge in [0.05, 0.1) is 6.61 Å². The van der Waals surface area contributed by atoms with E-state index in [1.54, 1.807) is 13.8 Å². The smallest absolute Gasteiger partial charge is 0.0605 e. The normalized spacial score (nSPS) is 10.7. The highest BCUT2D eigenvalue weighted by atomic mass is 16.3. The molecular formula is C11H30N2O. The van der Waals surface area contributed by atoms with Crippen LogP contribution in [0.3, 0.4) is 0 Å². The lowest BCUT2D eigenvalue weighted by Gasteiger charge is -2.12. The van der Waals surface area contributed by atoms with Crippen LogP contribution in [0.25, 0.3) is 0 Å². The van der Waals surface area contributed by atoms with Gasteiger partial charge in [-0.1, -0.05) is 34.6 Å². The maximum Gasteiger partial charge on any atom is 0.0605 e. The Morgan fingerprint density at radius 1 is 1.00 bits per heavy atom. The van der Waals surface area contributed by atoms with Gasteiger partial charge in [-0.25, -0.2) is 0 Å². The summed E-state index contributed by atoms with van der Waals surface area (Å²) < 4.78 is 0. The quantitative estimate of drug-likeness (QED) is 0.612. The lowest BCUT2D eigenvalue weighted by molar-refractivity contribution is 0.221. The molecule has 0 saturated heterocycles. The van der Waals surface area contributed by atoms with E-state index in [0.29, 0.717) is 5.41 Å². The van der Waals surface area contributed by atoms with Crippen molar-refractivity contribution in [3.63, 3.8) is 0 Å². The monoisotopic (exact) mass is 206 g/mol. The van der Waals surface area contributed by atoms with Crippen molar-refractivity contribution in [2.75, 3.05) is 13.2 Å². The number of hydrogen-bond acceptors (Lipinski definition) is 3. The Morgan fingerprint density at radius 3 is 1.14 bits per heavy atom. The maximum absolute atomic E-state index is 8.28. The third-order valence-corrected chi connectivity index (χ3v) is 1.02. The molecule has 0 aliphatic rings. The largest absolute Gasteiger partial charge is 0.394 e. The SMILES string of the molecule is CC.CC(C)(C)CN.CC(C)(N)CO. The van der Waals surface area contributed by atoms with Gasteiger partial charge in [0.25, 0.3) is 0 Å². The zero-order valence-electron chi connectivity index (χ0n) is 11.0. The molecule has 0 aliphatic heterocycles. The summed E-state index contributed by atoms with van der Waals surface area (Å²) in [4.78, 5) is 0. The first-order valence-corrected chi connectivity index (χ1v) is 5.22. The molecule has 90 valence electrons. The zero-order chi connectivity index (χ0) is 12.4. The van der Waals surface area contributed by atoms with Gasteiger partial charge < -0.3 is 16.6 Å². The van der Waals surface area contributed by atoms with Crippen LogP contribution in [0.5, 0.6) is 0 Å². The Labute approximate surface area is 89.9 Å². The fourth-order valence-corrected chi connectivity index (χ4v) is 0. The zero-order valence-corrected chi connectivity index (χ0v) is 11.0. The van der Waals surface area contributed by atoms with Crippen molar-refractivity contribution < 1.29 is 5.11 Å². The van der Waals surface area contributed by atoms with E-state index in [2.05, 4.69) is 20.8 Å². The van der Waals surface area contributed by atoms with Crippen molar-refractivity contribution in [1.82, 2.24) is 0 Å². The number of nitrogens with two attached hydrogens (primary N) is 2. The maximum atomic E-state index is 8.28. The first-order chi connectivity index (χ1) is 6.12. The summed E-state index contributed by atoms with van der Waals surface area (Å²) in [6.45, 7) is 14.7. The van der Waals surface area contributed by atoms with Crippen LogP contribution >= 0.6 is 0 Å². The van der Waals surface area contributed by atoms with E-state index in [0.717, 1.165) is 6.54 Å². The molecule has 0 aliphatic carbocycles. The van der Waals surface area contributed by atoms with E-state index in [4.69, 9.17) is 16.6 Å². The second kappa shape index (κ2) is 9.44. The molecule has 5 N–H and O–H groups in total. The van der Waals surface area contributed by atoms with Crippen LogP contribution in [0.1, 0.15) is 48.5 Å². The van der Waals surface area contributed by atoms with Gasteiger partial charge in [-0.15, -0.1) is 0 Å². The molecule has 14 heavy (non-hydrogen) atoms. The van der Waals surface area contributed by atoms with Gasteiger partial charge in [-0.05, 0) is 25.8 Å². The molecule has 3 nitrogen and oxygen atoms in total. The molecule has 0 heterocycles. The predicted molar refractivity (Wildman–Crippen MR) is 65.2 cm³/mol. The van der Waals surface area contributed by atoms with Crippen LogP contribution < -0.4 is 11.5 Å². The molecular weight excluding hydrogens is 176 g/mol. The highest BCUT2D eigenvalue weighted by Gasteiger charge is 2.05. The molecule has 0 amide bonds. The molecule has 0 aromatic carbocycles. The molecule has 0 atom stereocenters. The van der Waals surface area contributed by atoms with E-state index in [9.17, 15) is 0 Å². The van der Waals surface area contributed by atoms with Gasteiger partial charge in [-0.3, -0.25) is 0 Å². The Balaban J connectivity index is -0.000000147. The average molecular weight is 206 g/mol. The van der Waals surface area contributed by atoms with Gasteiger partial charge >= 0.3 is 0 Å². The van der Waals surface area contributed by atoms with Crippen molar-refractivity contribution in [1.29, 1.82) is 0 Å². The van der Waals surface area contributed by atoms with E-state index in [1.807, 2.05) is 13.8 Å². The fraction of sp³-hybridized carbons (Fsp3) is 1.00. The van der Waals surface area contributed by atoms with E-state index in [-0.39, 0.29) is 6.61 Å². The van der Waals surface area contributed by atoms with Gasteiger partial charge in [-0.2, -0.15) is 0 Å². The molecule has 0 fully saturated rings. The molecule has 0 aromatic rings. The summed E-state index contributed by atoms with van der Waals surface area (Å²) in [7, 11) is 0. The van der Waals surface area contributed by atoms with E-state index in [1.165, 1.54) is 0 Å². The number of aliphatic hydroxyl groups is 1. The molecule has 0 aromatic heterocycles. The third kappa shape index (κ3) is 40.7. The summed E-state index contributed by atoms with van der Waals surface area (Å²) in [6, 6.07) is 0. The van der Waals surface area contributed by atoms with Crippen LogP contribution in [0, 0.1) is 5.41 Å². The number of aliphatic hydroxyl groups excluding tert-OH is 1. The molecule has 3 heteroatoms. The van der Waals surface area contributed by atoms with E-state index < -0.39 is 5.54 Å². The first-order valence-electron chi connectivity index (χ1n) is 5.22. The van der Waals surface area contributed by atoms with Crippen molar-refractivity contribution >= 4 is 0 Å². The van der Waals surface area contributed by atoms with Crippen LogP contribution in [-0.2, 0) is 0 Å². The van der Waals surface area contributed by atoms with Crippen molar-refractivity contribution in [2.24, 2.45) is 16.9 Å². The Bertz CT molecular complexity index is 86.8. The van der Waals surface area contributed by atoms with E-state index >= 15 is 0 Å². The van der Waals surface area contributed by atoms with Gasteiger partial charge in [0.1, 0.15) is 0 Å². The summed E-state index contributed by atoms with van der Waals surface area (Å²) in [5, 5.41) is 8.28. The van der Waals surface area contributed by atoms with Crippen LogP contribution in [0.2, 0.25) is 0 Å². The van der Waals surface area contributed by atoms with Crippen molar-refractivity contribution in [3.05, 3.63) is 0 Å². The number of hydrogen-bond donors (Lipinski definition) is 3. The van der Waals surface area contributed by atoms with Crippen molar-refractivity contribution in [3.8, 4) is 0 Å². The fourth-order valence-electron chi connectivity index (χ4n) is 0. The first kappa shape index (κ1) is 19.5. The van der Waals surface area contributed by atoms with Crippen LogP contribution in [-0.4, -0.2) is 23.8 Å². The topological polar surface area (TPSA) is 72.3 Å². The highest BCUT2D eigenvalue weighted by Crippen LogP contribution is 2.07. The average Bonchev–Trinajstić information content (AvgIpc) is 2.07. The van der Waals surface area contributed by atoms with Gasteiger partial charge in [0, 0.05) is 5.54 Å². The minimum atomic E-state index is -0.403. The Kier molecular flexibility index (Phi) is 13.1. The molecule has 0 radical (unpaired) electrons. The summed E-state index contributed by atoms with van der Waals surface area (Å²) in [5.41, 5.74) is 10.5. The van der Waals surface area contributed by atoms with Crippen molar-refractivity contribution in [2.45, 2.75) is 54.0 Å². The minimum Gasteiger partial charge on any atom is -0.394 e. The van der Waals surface area contributed by atoms with Gasteiger partial charge in [0.15, 0.2) is 0 Å². The standard InChI is InChI=1S/C5H13N.C4H11NO.C2H6/c1-5(2,3)4-6;1-4(2,5)3-6;1-2/h4,6H2,1-3H3;6H,3,5H2,1-2H3;1-2H3. The van der Waals surface area contributed by atoms with Crippen LogP contribution in [0.4, 0.5) is 0 Å². The molecule has 0 spiro atoms. The van der Waals surface area contributed by atoms with Gasteiger partial charge in [0.2, 0.25) is 0 Å². The lowest BCUT2D eigenvalue weighted by atomic mass is 9.98. The second-order valence-corrected chi connectivity index (χ2v) is 4.91. The molecule has 0 bridgehead atoms. The summed E-state index contributed by atoms with van der Waals surface area (Å²) in [6.07, 6.45) is 0. The minimum absolute atomic E-state index is 0.0486. The predicted octanol–water partition coefficient (Wildman–Crippen LogP) is 1.73. The summed E-state index contributed by atoms with van der Waals surface area (Å²) >= 11 is 0. The number of rotatable bonds is 1. The molecule has 0 unspecified atom stereocenters. The van der Waals surface area contributed by atoms with Crippen LogP contribution in [0.15, 0.2) is 0 Å². The third-order valence-electron chi connectivity index (χ3n) is 1.02. The Morgan fingerprint density at radius 2 is 1.14 bits per heavy atom. The molecule has 0 rings (SSSR count). The molecule has 0 saturated carbocycles. The Hall–Kier alpha value is -0.120. The summed E-state index contributed by atoms with van der Waals surface area (Å²) in [5.74, 6) is 0. The second-order valence-electron chi connectivity index (χ2n) is 4.91.